The zero-order valence-electron chi connectivity index (χ0n) is 26.4. The Morgan fingerprint density at radius 2 is 1.23 bits per heavy atom. The van der Waals surface area contributed by atoms with Gasteiger partial charge in [0.25, 0.3) is 6.33 Å². The summed E-state index contributed by atoms with van der Waals surface area (Å²) in [5, 5.41) is 5.49. The van der Waals surface area contributed by atoms with Crippen molar-refractivity contribution in [3.05, 3.63) is 200 Å². The van der Waals surface area contributed by atoms with Crippen LogP contribution in [-0.2, 0) is 21.1 Å². The Labute approximate surface area is 297 Å². The van der Waals surface area contributed by atoms with Crippen LogP contribution in [0.5, 0.6) is 0 Å². The minimum atomic E-state index is -2.34. The molecule has 1 atom stereocenters. The largest absolute Gasteiger partial charge is 4.00 e. The number of imidazole rings is 1. The van der Waals surface area contributed by atoms with Crippen molar-refractivity contribution in [3.8, 4) is 22.5 Å². The molecule has 0 N–H and O–H groups in total. The Morgan fingerprint density at radius 3 is 2.00 bits per heavy atom. The van der Waals surface area contributed by atoms with Crippen molar-refractivity contribution in [2.45, 2.75) is 6.92 Å². The van der Waals surface area contributed by atoms with Crippen molar-refractivity contribution < 1.29 is 25.6 Å². The SMILES string of the molecule is Cc1ccc(-[n+]2[c-]n(-c3[c-]cccc3)c3ccccc32)cc1.[Pt+4].[c-]1ccccc1[Si]1(c2ccccc2)c2[c-]cccc2-c2ccccc21. The number of aryl methyl sites for hydroxylation is 1. The zero-order chi connectivity index (χ0) is 31.6. The van der Waals surface area contributed by atoms with Crippen LogP contribution in [-0.4, -0.2) is 12.6 Å². The summed E-state index contributed by atoms with van der Waals surface area (Å²) in [6, 6.07) is 69.9. The first-order chi connectivity index (χ1) is 23.2. The third-order valence-corrected chi connectivity index (χ3v) is 13.7. The normalized spacial score (nSPS) is 14.3. The van der Waals surface area contributed by atoms with E-state index in [1.54, 1.807) is 0 Å². The summed E-state index contributed by atoms with van der Waals surface area (Å²) in [6.45, 7) is 2.10. The predicted molar refractivity (Wildman–Crippen MR) is 194 cm³/mol. The molecule has 0 bridgehead atoms. The fourth-order valence-electron chi connectivity index (χ4n) is 6.85. The molecule has 1 aliphatic heterocycles. The number of hydrogen-bond acceptors (Lipinski definition) is 0. The maximum absolute atomic E-state index is 3.63. The minimum Gasteiger partial charge on any atom is -0.315 e. The second-order valence-corrected chi connectivity index (χ2v) is 15.4. The van der Waals surface area contributed by atoms with E-state index in [0.29, 0.717) is 0 Å². The molecule has 9 rings (SSSR count). The van der Waals surface area contributed by atoms with Gasteiger partial charge >= 0.3 is 21.1 Å². The van der Waals surface area contributed by atoms with Crippen LogP contribution in [0.1, 0.15) is 5.56 Å². The summed E-state index contributed by atoms with van der Waals surface area (Å²) < 4.78 is 4.14. The molecule has 0 spiro atoms. The molecule has 0 radical (unpaired) electrons. The van der Waals surface area contributed by atoms with E-state index >= 15 is 0 Å². The van der Waals surface area contributed by atoms with Gasteiger partial charge in [-0.2, -0.15) is 95.3 Å². The van der Waals surface area contributed by atoms with E-state index in [1.807, 2.05) is 36.4 Å². The molecule has 1 aromatic heterocycles. The van der Waals surface area contributed by atoms with Gasteiger partial charge in [-0.15, -0.1) is 5.56 Å². The third kappa shape index (κ3) is 5.40. The van der Waals surface area contributed by atoms with Gasteiger partial charge in [0.1, 0.15) is 8.07 Å². The van der Waals surface area contributed by atoms with Gasteiger partial charge in [0, 0.05) is 0 Å². The van der Waals surface area contributed by atoms with Crippen molar-refractivity contribution in [1.82, 2.24) is 4.57 Å². The van der Waals surface area contributed by atoms with Crippen LogP contribution in [0.25, 0.3) is 33.5 Å². The zero-order valence-corrected chi connectivity index (χ0v) is 29.6. The van der Waals surface area contributed by atoms with Crippen molar-refractivity contribution in [1.29, 1.82) is 0 Å². The molecule has 0 saturated heterocycles. The van der Waals surface area contributed by atoms with Crippen LogP contribution >= 0.6 is 0 Å². The molecule has 0 amide bonds. The van der Waals surface area contributed by atoms with Gasteiger partial charge in [0.2, 0.25) is 0 Å². The Hall–Kier alpha value is -5.08. The van der Waals surface area contributed by atoms with E-state index < -0.39 is 8.07 Å². The van der Waals surface area contributed by atoms with Crippen LogP contribution < -0.4 is 25.3 Å². The Balaban J connectivity index is 0.000000150. The molecule has 1 unspecified atom stereocenters. The van der Waals surface area contributed by atoms with E-state index in [0.717, 1.165) is 22.4 Å². The number of fused-ring (bicyclic) bond motifs is 4. The molecule has 7 aromatic carbocycles. The first kappa shape index (κ1) is 31.5. The van der Waals surface area contributed by atoms with Gasteiger partial charge in [-0.1, -0.05) is 107 Å². The van der Waals surface area contributed by atoms with E-state index in [1.165, 1.54) is 37.4 Å². The molecule has 0 fully saturated rings. The Morgan fingerprint density at radius 1 is 0.562 bits per heavy atom. The standard InChI is InChI=1S/C24H16Si.C20H15N2.Pt/c1-3-11-19(12-4-1)25(20-13-5-2-6-14-20)23-17-9-7-15-21(23)22-16-8-10-18-24(22)25;1-16-11-13-18(14-12-16)22-15-21(17-7-3-2-4-8-17)19-9-5-6-10-20(19)22;/h1-13,15-17H;2-7,9-14H,1H3;/q-2;-1;+4. The first-order valence-corrected chi connectivity index (χ1v) is 17.9. The average molecular weight is 811 g/mol. The Bertz CT molecular complexity index is 2210. The van der Waals surface area contributed by atoms with E-state index in [4.69, 9.17) is 0 Å². The van der Waals surface area contributed by atoms with Gasteiger partial charge in [-0.25, -0.2) is 0 Å². The number of para-hydroxylation sites is 3. The van der Waals surface area contributed by atoms with Crippen LogP contribution in [0.2, 0.25) is 0 Å². The van der Waals surface area contributed by atoms with E-state index in [2.05, 4.69) is 174 Å². The van der Waals surface area contributed by atoms with Crippen molar-refractivity contribution in [2.24, 2.45) is 0 Å². The average Bonchev–Trinajstić information content (AvgIpc) is 3.68. The second-order valence-electron chi connectivity index (χ2n) is 11.7. The van der Waals surface area contributed by atoms with E-state index in [9.17, 15) is 0 Å². The quantitative estimate of drug-likeness (QED) is 0.110. The summed E-state index contributed by atoms with van der Waals surface area (Å²) in [6.07, 6.45) is 3.44. The maximum atomic E-state index is 3.63. The third-order valence-electron chi connectivity index (χ3n) is 8.96. The molecule has 48 heavy (non-hydrogen) atoms. The minimum absolute atomic E-state index is 0. The summed E-state index contributed by atoms with van der Waals surface area (Å²) in [5.74, 6) is 0. The van der Waals surface area contributed by atoms with Crippen LogP contribution in [0.15, 0.2) is 170 Å². The maximum Gasteiger partial charge on any atom is 4.00 e. The smallest absolute Gasteiger partial charge is 0.315 e. The number of hydrogen-bond donors (Lipinski definition) is 0. The number of nitrogens with zero attached hydrogens (tertiary/aromatic N) is 2. The second kappa shape index (κ2) is 13.6. The number of benzene rings is 7. The van der Waals surface area contributed by atoms with Gasteiger partial charge in [-0.05, 0) is 29.9 Å². The fourth-order valence-corrected chi connectivity index (χ4v) is 11.8. The molecule has 2 nitrogen and oxygen atoms in total. The summed E-state index contributed by atoms with van der Waals surface area (Å²) >= 11 is 0. The van der Waals surface area contributed by atoms with Gasteiger partial charge in [0.15, 0.2) is 0 Å². The summed E-state index contributed by atoms with van der Waals surface area (Å²) in [7, 11) is -2.34. The van der Waals surface area contributed by atoms with Crippen molar-refractivity contribution in [2.75, 3.05) is 0 Å². The number of aromatic nitrogens is 2. The predicted octanol–water partition coefficient (Wildman–Crippen LogP) is 6.46. The first-order valence-electron chi connectivity index (χ1n) is 15.9. The Kier molecular flexibility index (Phi) is 8.91. The van der Waals surface area contributed by atoms with Gasteiger partial charge < -0.3 is 4.57 Å². The topological polar surface area (TPSA) is 8.81 Å². The number of rotatable bonds is 4. The van der Waals surface area contributed by atoms with Crippen LogP contribution in [0.4, 0.5) is 0 Å². The molecular formula is C44H31N2PtSi+. The molecule has 0 saturated carbocycles. The molecule has 230 valence electrons. The summed E-state index contributed by atoms with van der Waals surface area (Å²) in [4.78, 5) is 0. The molecule has 4 heteroatoms. The van der Waals surface area contributed by atoms with E-state index in [-0.39, 0.29) is 21.1 Å². The van der Waals surface area contributed by atoms with Gasteiger partial charge in [-0.3, -0.25) is 4.57 Å². The van der Waals surface area contributed by atoms with Crippen molar-refractivity contribution in [3.63, 3.8) is 0 Å². The van der Waals surface area contributed by atoms with Crippen LogP contribution in [0.3, 0.4) is 0 Å². The van der Waals surface area contributed by atoms with Gasteiger partial charge in [0.05, 0.1) is 16.7 Å². The fraction of sp³-hybridized carbons (Fsp3) is 0.0227. The monoisotopic (exact) mass is 810 g/mol. The molecule has 1 aliphatic rings. The van der Waals surface area contributed by atoms with Crippen LogP contribution in [0, 0.1) is 31.5 Å². The molecule has 2 heterocycles. The molecule has 8 aromatic rings. The molecule has 0 aliphatic carbocycles. The summed E-state index contributed by atoms with van der Waals surface area (Å²) in [5.41, 5.74) is 8.27. The molecular weight excluding hydrogens is 780 g/mol. The van der Waals surface area contributed by atoms with Crippen molar-refractivity contribution >= 4 is 39.9 Å².